The van der Waals surface area contributed by atoms with Gasteiger partial charge in [0.25, 0.3) is 5.56 Å². The third-order valence-electron chi connectivity index (χ3n) is 2.86. The summed E-state index contributed by atoms with van der Waals surface area (Å²) in [6.07, 6.45) is 0. The first-order valence-corrected chi connectivity index (χ1v) is 7.06. The number of primary amides is 1. The van der Waals surface area contributed by atoms with Gasteiger partial charge in [0.1, 0.15) is 11.2 Å². The lowest BCUT2D eigenvalue weighted by Gasteiger charge is -2.09. The van der Waals surface area contributed by atoms with E-state index in [-0.39, 0.29) is 18.0 Å². The highest BCUT2D eigenvalue weighted by molar-refractivity contribution is 7.19. The molecule has 108 valence electrons. The minimum atomic E-state index is -0.581. The molecule has 20 heavy (non-hydrogen) atoms. The number of ether oxygens (including phenoxy) is 1. The average Bonchev–Trinajstić information content (AvgIpc) is 2.76. The predicted octanol–water partition coefficient (Wildman–Crippen LogP) is 1.21. The molecule has 7 heteroatoms. The Morgan fingerprint density at radius 2 is 2.25 bits per heavy atom. The van der Waals surface area contributed by atoms with Crippen molar-refractivity contribution in [1.82, 2.24) is 9.78 Å². The number of methoxy groups -OCH3 is 1. The first-order chi connectivity index (χ1) is 9.43. The van der Waals surface area contributed by atoms with Gasteiger partial charge in [-0.3, -0.25) is 9.59 Å². The van der Waals surface area contributed by atoms with Gasteiger partial charge in [0.2, 0.25) is 5.91 Å². The van der Waals surface area contributed by atoms with Crippen LogP contribution >= 0.6 is 11.3 Å². The number of aromatic nitrogens is 2. The summed E-state index contributed by atoms with van der Waals surface area (Å²) in [5.74, 6) is -0.440. The van der Waals surface area contributed by atoms with Gasteiger partial charge in [0.05, 0.1) is 12.3 Å². The number of hydrogen-bond donors (Lipinski definition) is 1. The summed E-state index contributed by atoms with van der Waals surface area (Å²) in [5, 5.41) is 5.12. The van der Waals surface area contributed by atoms with Crippen LogP contribution in [0.25, 0.3) is 10.1 Å². The Morgan fingerprint density at radius 1 is 1.55 bits per heavy atom. The lowest BCUT2D eigenvalue weighted by atomic mass is 10.1. The molecule has 0 fully saturated rings. The quantitative estimate of drug-likeness (QED) is 0.898. The van der Waals surface area contributed by atoms with Gasteiger partial charge in [-0.1, -0.05) is 13.8 Å². The highest BCUT2D eigenvalue weighted by Gasteiger charge is 2.17. The summed E-state index contributed by atoms with van der Waals surface area (Å²) < 4.78 is 6.84. The Hall–Kier alpha value is -1.73. The first kappa shape index (κ1) is 14.7. The van der Waals surface area contributed by atoms with Crippen molar-refractivity contribution in [3.8, 4) is 0 Å². The Labute approximate surface area is 120 Å². The Morgan fingerprint density at radius 3 is 2.80 bits per heavy atom. The summed E-state index contributed by atoms with van der Waals surface area (Å²) in [5.41, 5.74) is 5.67. The van der Waals surface area contributed by atoms with Crippen LogP contribution in [0.2, 0.25) is 0 Å². The molecular formula is C13H17N3O3S. The van der Waals surface area contributed by atoms with E-state index in [0.29, 0.717) is 11.3 Å². The number of thiophene rings is 1. The van der Waals surface area contributed by atoms with Gasteiger partial charge in [-0.2, -0.15) is 5.10 Å². The highest BCUT2D eigenvalue weighted by atomic mass is 32.1. The van der Waals surface area contributed by atoms with Gasteiger partial charge in [-0.25, -0.2) is 4.68 Å². The highest BCUT2D eigenvalue weighted by Crippen LogP contribution is 2.28. The van der Waals surface area contributed by atoms with Crippen LogP contribution in [0, 0.1) is 0 Å². The van der Waals surface area contributed by atoms with Crippen LogP contribution in [0.5, 0.6) is 0 Å². The molecule has 0 bridgehead atoms. The molecular weight excluding hydrogens is 278 g/mol. The number of carbonyl (C=O) groups excluding carboxylic acids is 1. The number of nitrogens with two attached hydrogens (primary N) is 1. The van der Waals surface area contributed by atoms with Crippen LogP contribution in [-0.2, 0) is 22.7 Å². The lowest BCUT2D eigenvalue weighted by Crippen LogP contribution is -2.30. The molecule has 2 aromatic rings. The lowest BCUT2D eigenvalue weighted by molar-refractivity contribution is -0.118. The van der Waals surface area contributed by atoms with Crippen LogP contribution < -0.4 is 11.3 Å². The fourth-order valence-corrected chi connectivity index (χ4v) is 3.11. The number of hydrogen-bond acceptors (Lipinski definition) is 5. The molecule has 0 spiro atoms. The smallest absolute Gasteiger partial charge is 0.285 e. The second-order valence-electron chi connectivity index (χ2n) is 4.86. The van der Waals surface area contributed by atoms with Crippen molar-refractivity contribution in [2.45, 2.75) is 32.9 Å². The summed E-state index contributed by atoms with van der Waals surface area (Å²) in [6.45, 7) is 4.24. The normalized spacial score (nSPS) is 11.4. The van der Waals surface area contributed by atoms with Crippen LogP contribution in [0.4, 0.5) is 0 Å². The summed E-state index contributed by atoms with van der Waals surface area (Å²) in [4.78, 5) is 24.3. The maximum absolute atomic E-state index is 12.3. The molecule has 0 atom stereocenters. The minimum absolute atomic E-state index is 0.141. The van der Waals surface area contributed by atoms with Crippen molar-refractivity contribution in [2.24, 2.45) is 5.73 Å². The average molecular weight is 295 g/mol. The molecule has 2 aromatic heterocycles. The summed E-state index contributed by atoms with van der Waals surface area (Å²) in [7, 11) is 1.61. The van der Waals surface area contributed by atoms with Crippen LogP contribution in [-0.4, -0.2) is 22.8 Å². The molecule has 0 aliphatic carbocycles. The Kier molecular flexibility index (Phi) is 4.20. The second-order valence-corrected chi connectivity index (χ2v) is 5.99. The number of amides is 1. The van der Waals surface area contributed by atoms with Gasteiger partial charge >= 0.3 is 0 Å². The van der Waals surface area contributed by atoms with Gasteiger partial charge < -0.3 is 10.5 Å². The zero-order valence-electron chi connectivity index (χ0n) is 11.7. The molecule has 0 unspecified atom stereocenters. The largest absolute Gasteiger partial charge is 0.379 e. The number of carbonyl (C=O) groups is 1. The van der Waals surface area contributed by atoms with E-state index in [1.807, 2.05) is 19.9 Å². The molecule has 0 saturated heterocycles. The SMILES string of the molecule is COCc1cc2c(C(C)C)nn(CC(N)=O)c(=O)c2s1. The van der Waals surface area contributed by atoms with Crippen LogP contribution in [0.3, 0.4) is 0 Å². The molecule has 1 amide bonds. The van der Waals surface area contributed by atoms with Crippen LogP contribution in [0.1, 0.15) is 30.3 Å². The van der Waals surface area contributed by atoms with Gasteiger partial charge in [-0.05, 0) is 12.0 Å². The minimum Gasteiger partial charge on any atom is -0.379 e. The van der Waals surface area contributed by atoms with E-state index in [2.05, 4.69) is 5.10 Å². The molecule has 2 heterocycles. The van der Waals surface area contributed by atoms with Gasteiger partial charge in [0, 0.05) is 17.4 Å². The zero-order valence-corrected chi connectivity index (χ0v) is 12.5. The Balaban J connectivity index is 2.70. The fourth-order valence-electron chi connectivity index (χ4n) is 2.03. The van der Waals surface area contributed by atoms with E-state index in [0.717, 1.165) is 20.6 Å². The molecule has 6 nitrogen and oxygen atoms in total. The molecule has 0 aliphatic heterocycles. The van der Waals surface area contributed by atoms with Gasteiger partial charge in [0.15, 0.2) is 0 Å². The van der Waals surface area contributed by atoms with Crippen molar-refractivity contribution in [2.75, 3.05) is 7.11 Å². The molecule has 0 aliphatic rings. The summed E-state index contributed by atoms with van der Waals surface area (Å²) >= 11 is 1.37. The number of fused-ring (bicyclic) bond motifs is 1. The third kappa shape index (κ3) is 2.73. The van der Waals surface area contributed by atoms with Crippen molar-refractivity contribution < 1.29 is 9.53 Å². The van der Waals surface area contributed by atoms with Crippen LogP contribution in [0.15, 0.2) is 10.9 Å². The maximum Gasteiger partial charge on any atom is 0.285 e. The molecule has 0 aromatic carbocycles. The monoisotopic (exact) mass is 295 g/mol. The topological polar surface area (TPSA) is 87.2 Å². The molecule has 0 radical (unpaired) electrons. The second kappa shape index (κ2) is 5.72. The molecule has 2 rings (SSSR count). The van der Waals surface area contributed by atoms with E-state index in [4.69, 9.17) is 10.5 Å². The van der Waals surface area contributed by atoms with Crippen molar-refractivity contribution in [3.05, 3.63) is 27.0 Å². The van der Waals surface area contributed by atoms with E-state index in [9.17, 15) is 9.59 Å². The molecule has 0 saturated carbocycles. The summed E-state index contributed by atoms with van der Waals surface area (Å²) in [6, 6.07) is 1.93. The van der Waals surface area contributed by atoms with E-state index >= 15 is 0 Å². The van der Waals surface area contributed by atoms with Crippen molar-refractivity contribution >= 4 is 27.3 Å². The maximum atomic E-state index is 12.3. The van der Waals surface area contributed by atoms with E-state index in [1.165, 1.54) is 11.3 Å². The zero-order chi connectivity index (χ0) is 14.9. The molecule has 2 N–H and O–H groups in total. The third-order valence-corrected chi connectivity index (χ3v) is 3.95. The standard InChI is InChI=1S/C13H17N3O3S/c1-7(2)11-9-4-8(6-19-3)20-12(9)13(18)16(15-11)5-10(14)17/h4,7H,5-6H2,1-3H3,(H2,14,17). The predicted molar refractivity (Wildman–Crippen MR) is 77.9 cm³/mol. The fraction of sp³-hybridized carbons (Fsp3) is 0.462. The number of rotatable bonds is 5. The van der Waals surface area contributed by atoms with Gasteiger partial charge in [-0.15, -0.1) is 11.3 Å². The van der Waals surface area contributed by atoms with E-state index < -0.39 is 5.91 Å². The van der Waals surface area contributed by atoms with Crippen molar-refractivity contribution in [1.29, 1.82) is 0 Å². The number of nitrogens with zero attached hydrogens (tertiary/aromatic N) is 2. The van der Waals surface area contributed by atoms with Crippen molar-refractivity contribution in [3.63, 3.8) is 0 Å². The Bertz CT molecular complexity index is 703. The first-order valence-electron chi connectivity index (χ1n) is 6.24. The van der Waals surface area contributed by atoms with E-state index in [1.54, 1.807) is 7.11 Å².